The maximum Gasteiger partial charge on any atom is 0.131 e. The first-order valence-corrected chi connectivity index (χ1v) is 2.41. The van der Waals surface area contributed by atoms with Crippen LogP contribution in [0.4, 0.5) is 0 Å². The van der Waals surface area contributed by atoms with Crippen molar-refractivity contribution in [2.45, 2.75) is 0 Å². The summed E-state index contributed by atoms with van der Waals surface area (Å²) in [6.45, 7) is 0. The van der Waals surface area contributed by atoms with Crippen LogP contribution in [0, 0.1) is 6.26 Å². The fraction of sp³-hybridized carbons (Fsp3) is 0. The van der Waals surface area contributed by atoms with Crippen LogP contribution in [0.25, 0.3) is 6.15 Å². The molecule has 0 rings (SSSR count). The molecule has 4 nitrogen and oxygen atoms in total. The van der Waals surface area contributed by atoms with Gasteiger partial charge in [0.2, 0.25) is 0 Å². The zero-order valence-corrected chi connectivity index (χ0v) is 6.24. The van der Waals surface area contributed by atoms with Gasteiger partial charge in [-0.1, -0.05) is 0 Å². The fourth-order valence-corrected chi connectivity index (χ4v) is 0. The Labute approximate surface area is 58.1 Å². The Kier molecular flexibility index (Phi) is 10.6. The minimum atomic E-state index is -3.92. The maximum atomic E-state index is 9.08. The molecule has 0 fully saturated rings. The van der Waals surface area contributed by atoms with Gasteiger partial charge in [0.1, 0.15) is 10.1 Å². The normalized spacial score (nSPS) is 8.29. The minimum absolute atomic E-state index is 0. The molecule has 6 heteroatoms. The minimum Gasteiger partial charge on any atom is -0.693 e. The molecule has 0 saturated heterocycles. The maximum absolute atomic E-state index is 9.08. The van der Waals surface area contributed by atoms with Crippen LogP contribution < -0.4 is 0 Å². The molecule has 0 aliphatic heterocycles. The summed E-state index contributed by atoms with van der Waals surface area (Å²) in [5.74, 6) is 0. The van der Waals surface area contributed by atoms with E-state index in [1.807, 2.05) is 0 Å². The Hall–Kier alpha value is 0.610. The van der Waals surface area contributed by atoms with Crippen LogP contribution in [0.1, 0.15) is 0 Å². The molecule has 0 atom stereocenters. The van der Waals surface area contributed by atoms with Crippen molar-refractivity contribution in [3.8, 4) is 0 Å². The van der Waals surface area contributed by atoms with Crippen molar-refractivity contribution in [1.82, 2.24) is 0 Å². The molecule has 0 bridgehead atoms. The topological polar surface area (TPSA) is 87.9 Å². The van der Waals surface area contributed by atoms with Crippen molar-refractivity contribution in [1.29, 1.82) is 0 Å². The first kappa shape index (κ1) is 15.6. The number of nitrogens with two attached hydrogens (primary N) is 1. The third kappa shape index (κ3) is 377. The molecule has 0 aliphatic rings. The van der Waals surface area contributed by atoms with Gasteiger partial charge in [0.05, 0.1) is 0 Å². The summed E-state index contributed by atoms with van der Waals surface area (Å²) in [5.41, 5.74) is 0. The van der Waals surface area contributed by atoms with E-state index in [1.54, 1.807) is 0 Å². The van der Waals surface area contributed by atoms with Crippen LogP contribution in [-0.4, -0.2) is 13.0 Å². The van der Waals surface area contributed by atoms with Gasteiger partial charge in [-0.3, -0.25) is 0 Å². The number of rotatable bonds is 0. The number of hydrogen-bond donors (Lipinski definition) is 1. The molecule has 0 aromatic carbocycles. The summed E-state index contributed by atoms with van der Waals surface area (Å²) < 4.78 is 25.5. The predicted molar refractivity (Wildman–Crippen MR) is 22.2 cm³/mol. The van der Waals surface area contributed by atoms with Crippen molar-refractivity contribution in [2.75, 3.05) is 0 Å². The molecule has 51 valence electrons. The molecule has 1 radical (unpaired) electrons. The average Bonchev–Trinajstić information content (AvgIpc) is 0.722. The molecule has 0 spiro atoms. The van der Waals surface area contributed by atoms with Gasteiger partial charge in [-0.15, -0.1) is 0 Å². The molecule has 0 amide bonds. The Morgan fingerprint density at radius 3 is 1.43 bits per heavy atom. The van der Waals surface area contributed by atoms with Crippen molar-refractivity contribution in [3.63, 3.8) is 0 Å². The summed E-state index contributed by atoms with van der Waals surface area (Å²) in [6.07, 6.45) is 2.30. The fourth-order valence-electron chi connectivity index (χ4n) is 0. The van der Waals surface area contributed by atoms with Gasteiger partial charge in [0.15, 0.2) is 0 Å². The molecule has 0 aromatic rings. The van der Waals surface area contributed by atoms with Crippen LogP contribution in [-0.2, 0) is 32.5 Å². The number of hydrogen-bond acceptors (Lipinski definition) is 2. The van der Waals surface area contributed by atoms with Gasteiger partial charge in [-0.05, 0) is 0 Å². The molecule has 0 aromatic heterocycles. The molecule has 0 unspecified atom stereocenters. The predicted octanol–water partition coefficient (Wildman–Crippen LogP) is 0.380. The van der Waals surface area contributed by atoms with E-state index in [0.717, 1.165) is 0 Å². The van der Waals surface area contributed by atoms with E-state index in [1.165, 1.54) is 0 Å². The van der Waals surface area contributed by atoms with Crippen molar-refractivity contribution < 1.29 is 35.4 Å². The summed E-state index contributed by atoms with van der Waals surface area (Å²) in [5, 5.41) is 0. The van der Waals surface area contributed by atoms with Gasteiger partial charge in [0, 0.05) is 22.4 Å². The molecular formula is CH5AuNO3S-2. The Morgan fingerprint density at radius 1 is 1.43 bits per heavy atom. The monoisotopic (exact) mass is 308 g/mol. The van der Waals surface area contributed by atoms with Crippen LogP contribution >= 0.6 is 0 Å². The quantitative estimate of drug-likeness (QED) is 0.399. The molecular weight excluding hydrogens is 303 g/mol. The smallest absolute Gasteiger partial charge is 0.131 e. The van der Waals surface area contributed by atoms with Gasteiger partial charge in [-0.2, -0.15) is 6.26 Å². The summed E-state index contributed by atoms with van der Waals surface area (Å²) in [4.78, 5) is 0. The van der Waals surface area contributed by atoms with Crippen LogP contribution in [0.3, 0.4) is 0 Å². The zero-order valence-electron chi connectivity index (χ0n) is 3.26. The van der Waals surface area contributed by atoms with E-state index < -0.39 is 10.1 Å². The van der Waals surface area contributed by atoms with E-state index in [0.29, 0.717) is 0 Å². The zero-order chi connectivity index (χ0) is 4.50. The standard InChI is InChI=1S/CH3O3S.Au.H2N/c1-5(2,3)4;;/h1H2,(H,2,3,4);;1H2/q-1;;-1. The van der Waals surface area contributed by atoms with Crippen LogP contribution in [0.5, 0.6) is 0 Å². The molecule has 0 heterocycles. The van der Waals surface area contributed by atoms with E-state index >= 15 is 0 Å². The van der Waals surface area contributed by atoms with Gasteiger partial charge < -0.3 is 10.7 Å². The second kappa shape index (κ2) is 4.76. The SMILES string of the molecule is [Au].[CH2-]S(=O)(=O)O.[NH2-]. The van der Waals surface area contributed by atoms with Crippen molar-refractivity contribution in [2.24, 2.45) is 0 Å². The summed E-state index contributed by atoms with van der Waals surface area (Å²) >= 11 is 0. The van der Waals surface area contributed by atoms with E-state index in [2.05, 4.69) is 6.26 Å². The average molecular weight is 308 g/mol. The van der Waals surface area contributed by atoms with E-state index in [4.69, 9.17) is 13.0 Å². The van der Waals surface area contributed by atoms with Crippen LogP contribution in [0.2, 0.25) is 0 Å². The van der Waals surface area contributed by atoms with Gasteiger partial charge in [0.25, 0.3) is 0 Å². The van der Waals surface area contributed by atoms with Crippen molar-refractivity contribution >= 4 is 10.1 Å². The van der Waals surface area contributed by atoms with Crippen molar-refractivity contribution in [3.05, 3.63) is 12.4 Å². The van der Waals surface area contributed by atoms with Crippen LogP contribution in [0.15, 0.2) is 0 Å². The Bertz CT molecular complexity index is 98.1. The third-order valence-electron chi connectivity index (χ3n) is 0. The van der Waals surface area contributed by atoms with Gasteiger partial charge in [-0.25, -0.2) is 8.42 Å². The largest absolute Gasteiger partial charge is 0.693 e. The molecule has 0 saturated carbocycles. The first-order chi connectivity index (χ1) is 2.00. The second-order valence-corrected chi connectivity index (χ2v) is 1.75. The second-order valence-electron chi connectivity index (χ2n) is 0.582. The summed E-state index contributed by atoms with van der Waals surface area (Å²) in [7, 11) is -3.92. The first-order valence-electron chi connectivity index (χ1n) is 0.805. The molecule has 3 N–H and O–H groups in total. The molecule has 0 aliphatic carbocycles. The summed E-state index contributed by atoms with van der Waals surface area (Å²) in [6, 6.07) is 0. The Morgan fingerprint density at radius 2 is 1.43 bits per heavy atom. The Balaban J connectivity index is -0.0000000800. The van der Waals surface area contributed by atoms with E-state index in [9.17, 15) is 0 Å². The van der Waals surface area contributed by atoms with Gasteiger partial charge >= 0.3 is 0 Å². The molecule has 7 heavy (non-hydrogen) atoms. The van der Waals surface area contributed by atoms with E-state index in [-0.39, 0.29) is 28.5 Å². The third-order valence-corrected chi connectivity index (χ3v) is 0.